The van der Waals surface area contributed by atoms with Crippen molar-refractivity contribution in [3.05, 3.63) is 23.8 Å². The molecule has 1 amide bonds. The molecule has 1 aromatic rings. The van der Waals surface area contributed by atoms with E-state index in [1.54, 1.807) is 0 Å². The number of hydrogen-bond donors (Lipinski definition) is 1. The van der Waals surface area contributed by atoms with Gasteiger partial charge in [0.15, 0.2) is 0 Å². The first-order chi connectivity index (χ1) is 9.74. The molecule has 20 heavy (non-hydrogen) atoms. The predicted octanol–water partition coefficient (Wildman–Crippen LogP) is 2.51. The Morgan fingerprint density at radius 3 is 3.10 bits per heavy atom. The maximum atomic E-state index is 12.5. The molecule has 1 saturated heterocycles. The molecule has 2 aliphatic rings. The Labute approximate surface area is 119 Å². The van der Waals surface area contributed by atoms with E-state index >= 15 is 0 Å². The molecule has 2 aliphatic heterocycles. The maximum absolute atomic E-state index is 12.5. The SMILES string of the molecule is Nc1ccc2c(c1)N(C(=O)CCC1CCCO1)CCC2. The van der Waals surface area contributed by atoms with Crippen molar-refractivity contribution < 1.29 is 9.53 Å². The van der Waals surface area contributed by atoms with Gasteiger partial charge in [-0.2, -0.15) is 0 Å². The van der Waals surface area contributed by atoms with E-state index in [2.05, 4.69) is 0 Å². The molecule has 2 heterocycles. The summed E-state index contributed by atoms with van der Waals surface area (Å²) in [5.74, 6) is 0.201. The molecule has 1 fully saturated rings. The van der Waals surface area contributed by atoms with Gasteiger partial charge in [0.25, 0.3) is 0 Å². The highest BCUT2D eigenvalue weighted by Gasteiger charge is 2.24. The number of fused-ring (bicyclic) bond motifs is 1. The molecule has 1 unspecified atom stereocenters. The van der Waals surface area contributed by atoms with E-state index in [0.29, 0.717) is 6.42 Å². The van der Waals surface area contributed by atoms with Crippen LogP contribution in [0.4, 0.5) is 11.4 Å². The lowest BCUT2D eigenvalue weighted by molar-refractivity contribution is -0.119. The number of anilines is 2. The van der Waals surface area contributed by atoms with Crippen LogP contribution in [0.1, 0.15) is 37.7 Å². The zero-order chi connectivity index (χ0) is 13.9. The zero-order valence-electron chi connectivity index (χ0n) is 11.8. The summed E-state index contributed by atoms with van der Waals surface area (Å²) in [7, 11) is 0. The molecule has 0 saturated carbocycles. The summed E-state index contributed by atoms with van der Waals surface area (Å²) < 4.78 is 5.59. The van der Waals surface area contributed by atoms with Crippen molar-refractivity contribution in [3.8, 4) is 0 Å². The summed E-state index contributed by atoms with van der Waals surface area (Å²) in [6, 6.07) is 5.89. The Hall–Kier alpha value is -1.55. The van der Waals surface area contributed by atoms with Crippen LogP contribution in [-0.4, -0.2) is 25.2 Å². The minimum Gasteiger partial charge on any atom is -0.399 e. The first kappa shape index (κ1) is 13.4. The Kier molecular flexibility index (Phi) is 3.92. The Bertz CT molecular complexity index is 495. The number of benzene rings is 1. The van der Waals surface area contributed by atoms with Gasteiger partial charge in [-0.3, -0.25) is 4.79 Å². The van der Waals surface area contributed by atoms with Gasteiger partial charge in [-0.25, -0.2) is 0 Å². The number of carbonyl (C=O) groups excluding carboxylic acids is 1. The van der Waals surface area contributed by atoms with E-state index in [-0.39, 0.29) is 12.0 Å². The summed E-state index contributed by atoms with van der Waals surface area (Å²) in [5.41, 5.74) is 8.82. The van der Waals surface area contributed by atoms with E-state index in [9.17, 15) is 4.79 Å². The van der Waals surface area contributed by atoms with Gasteiger partial charge in [-0.05, 0) is 49.8 Å². The Morgan fingerprint density at radius 2 is 2.30 bits per heavy atom. The molecule has 2 N–H and O–H groups in total. The van der Waals surface area contributed by atoms with Crippen LogP contribution in [-0.2, 0) is 16.0 Å². The number of nitrogens with zero attached hydrogens (tertiary/aromatic N) is 1. The number of nitrogen functional groups attached to an aromatic ring is 1. The molecule has 4 nitrogen and oxygen atoms in total. The van der Waals surface area contributed by atoms with Crippen molar-refractivity contribution in [2.45, 2.75) is 44.6 Å². The molecule has 0 aromatic heterocycles. The lowest BCUT2D eigenvalue weighted by atomic mass is 10.00. The fourth-order valence-electron chi connectivity index (χ4n) is 3.14. The van der Waals surface area contributed by atoms with Gasteiger partial charge in [0.05, 0.1) is 6.10 Å². The second kappa shape index (κ2) is 5.83. The molecule has 1 atom stereocenters. The van der Waals surface area contributed by atoms with E-state index in [1.165, 1.54) is 5.56 Å². The van der Waals surface area contributed by atoms with Crippen LogP contribution >= 0.6 is 0 Å². The third-order valence-electron chi connectivity index (χ3n) is 4.23. The number of hydrogen-bond acceptors (Lipinski definition) is 3. The van der Waals surface area contributed by atoms with E-state index in [4.69, 9.17) is 10.5 Å². The minimum atomic E-state index is 0.201. The highest BCUT2D eigenvalue weighted by molar-refractivity contribution is 5.95. The van der Waals surface area contributed by atoms with Crippen LogP contribution < -0.4 is 10.6 Å². The number of amides is 1. The number of aryl methyl sites for hydroxylation is 1. The lowest BCUT2D eigenvalue weighted by Gasteiger charge is -2.30. The van der Waals surface area contributed by atoms with Gasteiger partial charge >= 0.3 is 0 Å². The highest BCUT2D eigenvalue weighted by atomic mass is 16.5. The average molecular weight is 274 g/mol. The monoisotopic (exact) mass is 274 g/mol. The fourth-order valence-corrected chi connectivity index (χ4v) is 3.14. The number of rotatable bonds is 3. The van der Waals surface area contributed by atoms with Crippen LogP contribution in [0.2, 0.25) is 0 Å². The van der Waals surface area contributed by atoms with Gasteiger partial charge in [-0.15, -0.1) is 0 Å². The van der Waals surface area contributed by atoms with Crippen molar-refractivity contribution >= 4 is 17.3 Å². The first-order valence-electron chi connectivity index (χ1n) is 7.54. The van der Waals surface area contributed by atoms with E-state index < -0.39 is 0 Å². The summed E-state index contributed by atoms with van der Waals surface area (Å²) in [5, 5.41) is 0. The van der Waals surface area contributed by atoms with E-state index in [0.717, 1.165) is 56.6 Å². The molecule has 0 radical (unpaired) electrons. The summed E-state index contributed by atoms with van der Waals surface area (Å²) in [6.45, 7) is 1.66. The third kappa shape index (κ3) is 2.80. The molecule has 4 heteroatoms. The fraction of sp³-hybridized carbons (Fsp3) is 0.562. The molecule has 0 aliphatic carbocycles. The molecular weight excluding hydrogens is 252 g/mol. The molecule has 3 rings (SSSR count). The normalized spacial score (nSPS) is 21.8. The average Bonchev–Trinajstić information content (AvgIpc) is 2.97. The van der Waals surface area contributed by atoms with Crippen LogP contribution in [0.3, 0.4) is 0 Å². The van der Waals surface area contributed by atoms with E-state index in [1.807, 2.05) is 23.1 Å². The van der Waals surface area contributed by atoms with Crippen molar-refractivity contribution in [1.82, 2.24) is 0 Å². The predicted molar refractivity (Wildman–Crippen MR) is 79.7 cm³/mol. The first-order valence-corrected chi connectivity index (χ1v) is 7.54. The number of ether oxygens (including phenoxy) is 1. The largest absolute Gasteiger partial charge is 0.399 e. The summed E-state index contributed by atoms with van der Waals surface area (Å²) in [4.78, 5) is 14.4. The quantitative estimate of drug-likeness (QED) is 0.862. The third-order valence-corrected chi connectivity index (χ3v) is 4.23. The van der Waals surface area contributed by atoms with Gasteiger partial charge in [-0.1, -0.05) is 6.07 Å². The van der Waals surface area contributed by atoms with Crippen molar-refractivity contribution in [1.29, 1.82) is 0 Å². The second-order valence-corrected chi connectivity index (χ2v) is 5.71. The Morgan fingerprint density at radius 1 is 1.40 bits per heavy atom. The molecule has 0 bridgehead atoms. The lowest BCUT2D eigenvalue weighted by Crippen LogP contribution is -2.35. The summed E-state index contributed by atoms with van der Waals surface area (Å²) in [6.07, 6.45) is 5.97. The zero-order valence-corrected chi connectivity index (χ0v) is 11.8. The van der Waals surface area contributed by atoms with Crippen molar-refractivity contribution in [3.63, 3.8) is 0 Å². The molecular formula is C16H22N2O2. The molecule has 0 spiro atoms. The van der Waals surface area contributed by atoms with Gasteiger partial charge in [0.1, 0.15) is 0 Å². The van der Waals surface area contributed by atoms with Crippen molar-refractivity contribution in [2.75, 3.05) is 23.8 Å². The molecule has 1 aromatic carbocycles. The second-order valence-electron chi connectivity index (χ2n) is 5.71. The van der Waals surface area contributed by atoms with Crippen molar-refractivity contribution in [2.24, 2.45) is 0 Å². The van der Waals surface area contributed by atoms with Gasteiger partial charge in [0.2, 0.25) is 5.91 Å². The van der Waals surface area contributed by atoms with Crippen LogP contribution in [0, 0.1) is 0 Å². The Balaban J connectivity index is 1.68. The van der Waals surface area contributed by atoms with Gasteiger partial charge in [0, 0.05) is 30.9 Å². The number of nitrogens with two attached hydrogens (primary N) is 1. The summed E-state index contributed by atoms with van der Waals surface area (Å²) >= 11 is 0. The van der Waals surface area contributed by atoms with Crippen LogP contribution in [0.5, 0.6) is 0 Å². The van der Waals surface area contributed by atoms with Crippen LogP contribution in [0.25, 0.3) is 0 Å². The smallest absolute Gasteiger partial charge is 0.227 e. The number of carbonyl (C=O) groups is 1. The van der Waals surface area contributed by atoms with Gasteiger partial charge < -0.3 is 15.4 Å². The highest BCUT2D eigenvalue weighted by Crippen LogP contribution is 2.30. The topological polar surface area (TPSA) is 55.6 Å². The molecule has 108 valence electrons. The maximum Gasteiger partial charge on any atom is 0.227 e. The minimum absolute atomic E-state index is 0.201. The van der Waals surface area contributed by atoms with Crippen LogP contribution in [0.15, 0.2) is 18.2 Å². The standard InChI is InChI=1S/C16H22N2O2/c17-13-6-5-12-3-1-9-18(15(12)11-13)16(19)8-7-14-4-2-10-20-14/h5-6,11,14H,1-4,7-10,17H2.